The second kappa shape index (κ2) is 8.10. The average Bonchev–Trinajstić information content (AvgIpc) is 3.06. The molecule has 0 aromatic heterocycles. The van der Waals surface area contributed by atoms with E-state index in [-0.39, 0.29) is 12.3 Å². The third-order valence-corrected chi connectivity index (χ3v) is 6.69. The van der Waals surface area contributed by atoms with Crippen LogP contribution in [0, 0.1) is 5.41 Å². The number of unbranched alkanes of at least 4 members (excludes halogenated alkanes) is 1. The van der Waals surface area contributed by atoms with E-state index in [1.165, 1.54) is 0 Å². The number of alkyl halides is 1. The lowest BCUT2D eigenvalue weighted by atomic mass is 9.72. The van der Waals surface area contributed by atoms with E-state index in [1.807, 2.05) is 13.0 Å². The molecule has 5 heteroatoms. The molecular weight excluding hydrogens is 347 g/mol. The van der Waals surface area contributed by atoms with Crippen molar-refractivity contribution in [3.63, 3.8) is 0 Å². The molecule has 0 aromatic carbocycles. The van der Waals surface area contributed by atoms with Crippen molar-refractivity contribution in [1.29, 1.82) is 0 Å². The smallest absolute Gasteiger partial charge is 0.307 e. The van der Waals surface area contributed by atoms with Gasteiger partial charge in [0.25, 0.3) is 0 Å². The Morgan fingerprint density at radius 2 is 2.19 bits per heavy atom. The molecule has 4 atom stereocenters. The van der Waals surface area contributed by atoms with Crippen LogP contribution in [-0.4, -0.2) is 30.1 Å². The molecule has 3 aliphatic rings. The predicted octanol–water partition coefficient (Wildman–Crippen LogP) is 5.60. The third-order valence-electron chi connectivity index (χ3n) is 6.69. The molecular formula is C22H35FO4. The van der Waals surface area contributed by atoms with Crippen molar-refractivity contribution < 1.29 is 23.4 Å². The minimum absolute atomic E-state index is 0.176. The molecule has 3 fully saturated rings. The van der Waals surface area contributed by atoms with E-state index in [4.69, 9.17) is 14.2 Å². The summed E-state index contributed by atoms with van der Waals surface area (Å²) in [6.07, 6.45) is 10.2. The zero-order chi connectivity index (χ0) is 19.5. The molecule has 27 heavy (non-hydrogen) atoms. The molecule has 0 radical (unpaired) electrons. The molecule has 3 unspecified atom stereocenters. The minimum atomic E-state index is -1.27. The lowest BCUT2D eigenvalue weighted by Crippen LogP contribution is -2.41. The summed E-state index contributed by atoms with van der Waals surface area (Å²) in [6, 6.07) is 0. The number of carbonyl (C=O) groups is 1. The van der Waals surface area contributed by atoms with E-state index in [1.54, 1.807) is 6.92 Å². The highest BCUT2D eigenvalue weighted by Crippen LogP contribution is 2.60. The Morgan fingerprint density at radius 1 is 1.37 bits per heavy atom. The van der Waals surface area contributed by atoms with Crippen LogP contribution in [0.1, 0.15) is 91.4 Å². The standard InChI is InChI=1S/C22H35FO4/c1-4-5-11-20(2,23)14-10-17(26-19-9-6-7-15-25-19)22-13-8-12-21(22,3)27-18(24)16-22/h10,19H,4-9,11-16H2,1-3H3/t19?,20-,21?,22?/m0/s1. The number of hydrogen-bond acceptors (Lipinski definition) is 4. The summed E-state index contributed by atoms with van der Waals surface area (Å²) in [6.45, 7) is 6.44. The molecule has 0 spiro atoms. The molecule has 2 saturated heterocycles. The Kier molecular flexibility index (Phi) is 6.19. The molecule has 1 aliphatic carbocycles. The normalized spacial score (nSPS) is 36.2. The van der Waals surface area contributed by atoms with Gasteiger partial charge in [-0.25, -0.2) is 4.39 Å². The summed E-state index contributed by atoms with van der Waals surface area (Å²) in [5.74, 6) is 0.547. The monoisotopic (exact) mass is 382 g/mol. The fraction of sp³-hybridized carbons (Fsp3) is 0.864. The van der Waals surface area contributed by atoms with Crippen LogP contribution in [0.2, 0.25) is 0 Å². The van der Waals surface area contributed by atoms with Gasteiger partial charge in [0, 0.05) is 12.8 Å². The molecule has 4 nitrogen and oxygen atoms in total. The number of carbonyl (C=O) groups excluding carboxylic acids is 1. The number of halogens is 1. The lowest BCUT2D eigenvalue weighted by Gasteiger charge is -2.39. The summed E-state index contributed by atoms with van der Waals surface area (Å²) in [7, 11) is 0. The first-order valence-electron chi connectivity index (χ1n) is 10.7. The van der Waals surface area contributed by atoms with Crippen LogP contribution in [0.5, 0.6) is 0 Å². The van der Waals surface area contributed by atoms with Crippen LogP contribution < -0.4 is 0 Å². The number of rotatable bonds is 8. The zero-order valence-electron chi connectivity index (χ0n) is 17.2. The Labute approximate surface area is 162 Å². The van der Waals surface area contributed by atoms with Gasteiger partial charge < -0.3 is 14.2 Å². The summed E-state index contributed by atoms with van der Waals surface area (Å²) in [5.41, 5.74) is -2.31. The van der Waals surface area contributed by atoms with E-state index in [0.717, 1.165) is 57.1 Å². The summed E-state index contributed by atoms with van der Waals surface area (Å²) in [4.78, 5) is 12.2. The average molecular weight is 383 g/mol. The van der Waals surface area contributed by atoms with Gasteiger partial charge in [0.1, 0.15) is 17.0 Å². The van der Waals surface area contributed by atoms with Crippen molar-refractivity contribution >= 4 is 5.97 Å². The number of esters is 1. The largest absolute Gasteiger partial charge is 0.469 e. The summed E-state index contributed by atoms with van der Waals surface area (Å²) >= 11 is 0. The predicted molar refractivity (Wildman–Crippen MR) is 102 cm³/mol. The van der Waals surface area contributed by atoms with Crippen molar-refractivity contribution in [2.24, 2.45) is 5.41 Å². The van der Waals surface area contributed by atoms with Gasteiger partial charge in [-0.3, -0.25) is 4.79 Å². The van der Waals surface area contributed by atoms with Crippen LogP contribution in [-0.2, 0) is 19.0 Å². The van der Waals surface area contributed by atoms with Gasteiger partial charge in [0.15, 0.2) is 6.29 Å². The molecule has 0 aromatic rings. The second-order valence-corrected chi connectivity index (χ2v) is 9.02. The van der Waals surface area contributed by atoms with E-state index >= 15 is 0 Å². The number of fused-ring (bicyclic) bond motifs is 1. The first kappa shape index (κ1) is 20.6. The zero-order valence-corrected chi connectivity index (χ0v) is 17.2. The Bertz CT molecular complexity index is 567. The maximum Gasteiger partial charge on any atom is 0.307 e. The van der Waals surface area contributed by atoms with E-state index in [9.17, 15) is 9.18 Å². The molecule has 154 valence electrons. The lowest BCUT2D eigenvalue weighted by molar-refractivity contribution is -0.160. The highest BCUT2D eigenvalue weighted by molar-refractivity contribution is 5.75. The molecule has 1 saturated carbocycles. The number of hydrogen-bond donors (Lipinski definition) is 0. The van der Waals surface area contributed by atoms with E-state index in [2.05, 4.69) is 6.92 Å². The van der Waals surface area contributed by atoms with Gasteiger partial charge in [0.05, 0.1) is 18.4 Å². The maximum atomic E-state index is 15.0. The fourth-order valence-electron chi connectivity index (χ4n) is 4.91. The Balaban J connectivity index is 1.85. The summed E-state index contributed by atoms with van der Waals surface area (Å²) < 4.78 is 32.9. The first-order chi connectivity index (χ1) is 12.8. The molecule has 2 heterocycles. The molecule has 0 N–H and O–H groups in total. The van der Waals surface area contributed by atoms with Gasteiger partial charge in [-0.05, 0) is 58.4 Å². The van der Waals surface area contributed by atoms with E-state index < -0.39 is 16.7 Å². The topological polar surface area (TPSA) is 44.8 Å². The van der Waals surface area contributed by atoms with Gasteiger partial charge in [0.2, 0.25) is 0 Å². The maximum absolute atomic E-state index is 15.0. The molecule has 0 amide bonds. The van der Waals surface area contributed by atoms with Gasteiger partial charge in [-0.15, -0.1) is 0 Å². The van der Waals surface area contributed by atoms with Crippen molar-refractivity contribution in [1.82, 2.24) is 0 Å². The highest BCUT2D eigenvalue weighted by atomic mass is 19.1. The van der Waals surface area contributed by atoms with Crippen LogP contribution in [0.25, 0.3) is 0 Å². The number of ether oxygens (including phenoxy) is 3. The Hall–Kier alpha value is -1.10. The van der Waals surface area contributed by atoms with Crippen LogP contribution in [0.4, 0.5) is 4.39 Å². The van der Waals surface area contributed by atoms with E-state index in [0.29, 0.717) is 25.9 Å². The third kappa shape index (κ3) is 4.33. The van der Waals surface area contributed by atoms with Crippen molar-refractivity contribution in [3.8, 4) is 0 Å². The quantitative estimate of drug-likeness (QED) is 0.405. The van der Waals surface area contributed by atoms with Crippen molar-refractivity contribution in [2.45, 2.75) is 109 Å². The molecule has 0 bridgehead atoms. The molecule has 2 aliphatic heterocycles. The van der Waals surface area contributed by atoms with Crippen molar-refractivity contribution in [2.75, 3.05) is 6.61 Å². The van der Waals surface area contributed by atoms with Gasteiger partial charge in [-0.1, -0.05) is 19.8 Å². The van der Waals surface area contributed by atoms with Crippen molar-refractivity contribution in [3.05, 3.63) is 11.8 Å². The SMILES string of the molecule is CCCC[C@](C)(F)CC=C(OC1CCCCO1)C12CCCC1(C)OC(=O)C2. The van der Waals surface area contributed by atoms with Crippen LogP contribution >= 0.6 is 0 Å². The highest BCUT2D eigenvalue weighted by Gasteiger charge is 2.63. The molecule has 3 rings (SSSR count). The Morgan fingerprint density at radius 3 is 2.89 bits per heavy atom. The summed E-state index contributed by atoms with van der Waals surface area (Å²) in [5, 5.41) is 0. The fourth-order valence-corrected chi connectivity index (χ4v) is 4.91. The first-order valence-corrected chi connectivity index (χ1v) is 10.7. The second-order valence-electron chi connectivity index (χ2n) is 9.02. The van der Waals surface area contributed by atoms with Gasteiger partial charge in [-0.2, -0.15) is 0 Å². The van der Waals surface area contributed by atoms with Gasteiger partial charge >= 0.3 is 5.97 Å². The van der Waals surface area contributed by atoms with Crippen LogP contribution in [0.15, 0.2) is 11.8 Å². The minimum Gasteiger partial charge on any atom is -0.469 e. The number of allylic oxidation sites excluding steroid dienone is 1. The van der Waals surface area contributed by atoms with Crippen LogP contribution in [0.3, 0.4) is 0 Å².